The Bertz CT molecular complexity index is 217. The molecule has 4 heteroatoms. The third kappa shape index (κ3) is 1.93. The number of aliphatic hydroxyl groups excluding tert-OH is 1. The number of aliphatic hydroxyl groups is 1. The molecular weight excluding hydrogens is 152 g/mol. The molecule has 0 saturated carbocycles. The summed E-state index contributed by atoms with van der Waals surface area (Å²) in [5.74, 6) is 0. The molecule has 0 saturated heterocycles. The highest BCUT2D eigenvalue weighted by molar-refractivity contribution is 6.29. The summed E-state index contributed by atoms with van der Waals surface area (Å²) in [4.78, 5) is 7.57. The third-order valence-corrected chi connectivity index (χ3v) is 1.26. The lowest BCUT2D eigenvalue weighted by Gasteiger charge is -1.94. The first kappa shape index (κ1) is 7.44. The van der Waals surface area contributed by atoms with E-state index in [0.29, 0.717) is 11.6 Å². The Hall–Kier alpha value is -0.670. The minimum Gasteiger partial charge on any atom is -0.396 e. The van der Waals surface area contributed by atoms with Crippen LogP contribution in [0.2, 0.25) is 5.15 Å². The molecule has 1 rings (SSSR count). The van der Waals surface area contributed by atoms with Crippen molar-refractivity contribution in [3.63, 3.8) is 0 Å². The molecule has 0 radical (unpaired) electrons. The molecule has 1 heterocycles. The van der Waals surface area contributed by atoms with Gasteiger partial charge in [0.05, 0.1) is 0 Å². The molecule has 0 aromatic carbocycles. The van der Waals surface area contributed by atoms with Gasteiger partial charge in [-0.15, -0.1) is 0 Å². The van der Waals surface area contributed by atoms with E-state index in [4.69, 9.17) is 16.7 Å². The zero-order chi connectivity index (χ0) is 7.40. The zero-order valence-corrected chi connectivity index (χ0v) is 6.04. The average molecular weight is 159 g/mol. The van der Waals surface area contributed by atoms with E-state index in [2.05, 4.69) is 9.97 Å². The van der Waals surface area contributed by atoms with Crippen LogP contribution in [0.25, 0.3) is 0 Å². The molecule has 0 bridgehead atoms. The molecule has 0 aliphatic heterocycles. The lowest BCUT2D eigenvalue weighted by atomic mass is 10.3. The van der Waals surface area contributed by atoms with Gasteiger partial charge < -0.3 is 5.11 Å². The fraction of sp³-hybridized carbons (Fsp3) is 0.333. The Labute approximate surface area is 63.7 Å². The summed E-state index contributed by atoms with van der Waals surface area (Å²) in [6.07, 6.45) is 1.91. The molecule has 0 atom stereocenters. The van der Waals surface area contributed by atoms with Crippen molar-refractivity contribution < 1.29 is 5.11 Å². The van der Waals surface area contributed by atoms with Crippen molar-refractivity contribution in [2.45, 2.75) is 6.42 Å². The van der Waals surface area contributed by atoms with Crippen LogP contribution in [0.1, 0.15) is 5.69 Å². The first-order chi connectivity index (χ1) is 4.83. The van der Waals surface area contributed by atoms with Gasteiger partial charge in [0.25, 0.3) is 0 Å². The fourth-order valence-corrected chi connectivity index (χ4v) is 0.791. The Balaban J connectivity index is 2.75. The van der Waals surface area contributed by atoms with Gasteiger partial charge in [-0.3, -0.25) is 0 Å². The largest absolute Gasteiger partial charge is 0.396 e. The van der Waals surface area contributed by atoms with Crippen molar-refractivity contribution in [3.8, 4) is 0 Å². The zero-order valence-electron chi connectivity index (χ0n) is 5.29. The van der Waals surface area contributed by atoms with E-state index < -0.39 is 0 Å². The monoisotopic (exact) mass is 158 g/mol. The summed E-state index contributed by atoms with van der Waals surface area (Å²) >= 11 is 5.55. The van der Waals surface area contributed by atoms with Crippen molar-refractivity contribution in [1.29, 1.82) is 0 Å². The van der Waals surface area contributed by atoms with Gasteiger partial charge in [-0.1, -0.05) is 11.6 Å². The minimum absolute atomic E-state index is 0.0906. The molecular formula is C6H7ClN2O. The van der Waals surface area contributed by atoms with Crippen LogP contribution in [-0.2, 0) is 6.42 Å². The molecule has 1 N–H and O–H groups in total. The first-order valence-corrected chi connectivity index (χ1v) is 3.28. The quantitative estimate of drug-likeness (QED) is 0.644. The molecule has 3 nitrogen and oxygen atoms in total. The van der Waals surface area contributed by atoms with Crippen molar-refractivity contribution in [2.75, 3.05) is 6.61 Å². The minimum atomic E-state index is 0.0906. The molecule has 10 heavy (non-hydrogen) atoms. The van der Waals surface area contributed by atoms with Crippen LogP contribution in [0.3, 0.4) is 0 Å². The van der Waals surface area contributed by atoms with Crippen molar-refractivity contribution in [1.82, 2.24) is 9.97 Å². The summed E-state index contributed by atoms with van der Waals surface area (Å²) in [6, 6.07) is 1.64. The van der Waals surface area contributed by atoms with Crippen molar-refractivity contribution in [2.24, 2.45) is 0 Å². The lowest BCUT2D eigenvalue weighted by Crippen LogP contribution is -1.94. The van der Waals surface area contributed by atoms with Crippen LogP contribution in [0.5, 0.6) is 0 Å². The summed E-state index contributed by atoms with van der Waals surface area (Å²) in [5, 5.41) is 8.92. The van der Waals surface area contributed by atoms with E-state index in [9.17, 15) is 0 Å². The predicted molar refractivity (Wildman–Crippen MR) is 37.8 cm³/mol. The van der Waals surface area contributed by atoms with Gasteiger partial charge in [0, 0.05) is 18.7 Å². The second kappa shape index (κ2) is 3.49. The topological polar surface area (TPSA) is 46.0 Å². The highest BCUT2D eigenvalue weighted by atomic mass is 35.5. The number of aromatic nitrogens is 2. The Morgan fingerprint density at radius 3 is 2.90 bits per heavy atom. The first-order valence-electron chi connectivity index (χ1n) is 2.90. The predicted octanol–water partition coefficient (Wildman–Crippen LogP) is 0.665. The Morgan fingerprint density at radius 2 is 2.30 bits per heavy atom. The second-order valence-electron chi connectivity index (χ2n) is 1.81. The number of rotatable bonds is 2. The van der Waals surface area contributed by atoms with Crippen LogP contribution in [0, 0.1) is 0 Å². The van der Waals surface area contributed by atoms with Gasteiger partial charge in [0.15, 0.2) is 0 Å². The SMILES string of the molecule is OCCc1cc(Cl)ncn1. The number of hydrogen-bond acceptors (Lipinski definition) is 3. The van der Waals surface area contributed by atoms with Gasteiger partial charge in [-0.2, -0.15) is 0 Å². The van der Waals surface area contributed by atoms with Crippen LogP contribution in [-0.4, -0.2) is 21.7 Å². The maximum absolute atomic E-state index is 8.51. The highest BCUT2D eigenvalue weighted by Gasteiger charge is 1.93. The van der Waals surface area contributed by atoms with E-state index in [1.165, 1.54) is 6.33 Å². The summed E-state index contributed by atoms with van der Waals surface area (Å²) in [5.41, 5.74) is 0.766. The van der Waals surface area contributed by atoms with Crippen molar-refractivity contribution >= 4 is 11.6 Å². The fourth-order valence-electron chi connectivity index (χ4n) is 0.621. The van der Waals surface area contributed by atoms with Crippen LogP contribution in [0.15, 0.2) is 12.4 Å². The van der Waals surface area contributed by atoms with Gasteiger partial charge in [-0.25, -0.2) is 9.97 Å². The summed E-state index contributed by atoms with van der Waals surface area (Å²) in [6.45, 7) is 0.0906. The smallest absolute Gasteiger partial charge is 0.132 e. The maximum atomic E-state index is 8.51. The normalized spacial score (nSPS) is 9.80. The van der Waals surface area contributed by atoms with E-state index in [0.717, 1.165) is 5.69 Å². The van der Waals surface area contributed by atoms with Gasteiger partial charge >= 0.3 is 0 Å². The van der Waals surface area contributed by atoms with Crippen LogP contribution in [0.4, 0.5) is 0 Å². The Kier molecular flexibility index (Phi) is 2.59. The van der Waals surface area contributed by atoms with Gasteiger partial charge in [0.1, 0.15) is 11.5 Å². The molecule has 1 aromatic heterocycles. The van der Waals surface area contributed by atoms with E-state index in [-0.39, 0.29) is 6.61 Å². The number of nitrogens with zero attached hydrogens (tertiary/aromatic N) is 2. The Morgan fingerprint density at radius 1 is 1.50 bits per heavy atom. The van der Waals surface area contributed by atoms with Crippen LogP contribution >= 0.6 is 11.6 Å². The highest BCUT2D eigenvalue weighted by Crippen LogP contribution is 2.03. The molecule has 0 fully saturated rings. The van der Waals surface area contributed by atoms with E-state index in [1.807, 2.05) is 0 Å². The molecule has 0 aliphatic rings. The lowest BCUT2D eigenvalue weighted by molar-refractivity contribution is 0.298. The summed E-state index contributed by atoms with van der Waals surface area (Å²) < 4.78 is 0. The second-order valence-corrected chi connectivity index (χ2v) is 2.19. The molecule has 0 unspecified atom stereocenters. The van der Waals surface area contributed by atoms with E-state index >= 15 is 0 Å². The molecule has 1 aromatic rings. The summed E-state index contributed by atoms with van der Waals surface area (Å²) in [7, 11) is 0. The van der Waals surface area contributed by atoms with Gasteiger partial charge in [-0.05, 0) is 6.07 Å². The molecule has 0 amide bonds. The molecule has 0 aliphatic carbocycles. The molecule has 54 valence electrons. The van der Waals surface area contributed by atoms with E-state index in [1.54, 1.807) is 6.07 Å². The average Bonchev–Trinajstić information content (AvgIpc) is 1.88. The van der Waals surface area contributed by atoms with Gasteiger partial charge in [0.2, 0.25) is 0 Å². The number of halogens is 1. The van der Waals surface area contributed by atoms with Crippen LogP contribution < -0.4 is 0 Å². The molecule has 0 spiro atoms. The van der Waals surface area contributed by atoms with Crippen molar-refractivity contribution in [3.05, 3.63) is 23.2 Å². The maximum Gasteiger partial charge on any atom is 0.132 e. The standard InChI is InChI=1S/C6H7ClN2O/c7-6-3-5(1-2-10)8-4-9-6/h3-4,10H,1-2H2. The number of hydrogen-bond donors (Lipinski definition) is 1. The third-order valence-electron chi connectivity index (χ3n) is 1.06.